The van der Waals surface area contributed by atoms with Gasteiger partial charge >= 0.3 is 0 Å². The van der Waals surface area contributed by atoms with Gasteiger partial charge in [-0.1, -0.05) is 72.3 Å². The Morgan fingerprint density at radius 3 is 2.35 bits per heavy atom. The van der Waals surface area contributed by atoms with Crippen LogP contribution in [-0.2, 0) is 6.54 Å². The van der Waals surface area contributed by atoms with Crippen molar-refractivity contribution < 1.29 is 4.79 Å². The number of nitrogens with one attached hydrogen (secondary N) is 1. The number of hydrazone groups is 1. The van der Waals surface area contributed by atoms with E-state index in [1.54, 1.807) is 6.21 Å². The van der Waals surface area contributed by atoms with E-state index in [1.165, 1.54) is 0 Å². The van der Waals surface area contributed by atoms with Crippen LogP contribution in [0.2, 0.25) is 5.02 Å². The molecule has 196 valence electrons. The SMILES string of the molecule is Cc1ccc(-c2ccccc2)n1-c1ccc(C(=O)N/N=C/c2cn(Cc3ccc(Cl)cc3)c3ccccc23)cc1. The Hall–Kier alpha value is -4.87. The second kappa shape index (κ2) is 11.1. The molecular formula is C34H27ClN4O. The lowest BCUT2D eigenvalue weighted by Gasteiger charge is -2.12. The molecule has 1 amide bonds. The summed E-state index contributed by atoms with van der Waals surface area (Å²) in [6.07, 6.45) is 3.75. The van der Waals surface area contributed by atoms with Gasteiger partial charge in [-0.15, -0.1) is 0 Å². The van der Waals surface area contributed by atoms with E-state index in [4.69, 9.17) is 11.6 Å². The van der Waals surface area contributed by atoms with Gasteiger partial charge in [0.2, 0.25) is 0 Å². The fourth-order valence-corrected chi connectivity index (χ4v) is 5.12. The van der Waals surface area contributed by atoms with Crippen LogP contribution >= 0.6 is 11.6 Å². The van der Waals surface area contributed by atoms with Crippen LogP contribution in [0.5, 0.6) is 0 Å². The van der Waals surface area contributed by atoms with Gasteiger partial charge < -0.3 is 9.13 Å². The van der Waals surface area contributed by atoms with Gasteiger partial charge in [0.15, 0.2) is 0 Å². The summed E-state index contributed by atoms with van der Waals surface area (Å²) < 4.78 is 4.36. The number of para-hydroxylation sites is 1. The largest absolute Gasteiger partial charge is 0.342 e. The highest BCUT2D eigenvalue weighted by Crippen LogP contribution is 2.27. The molecule has 2 heterocycles. The number of hydrogen-bond acceptors (Lipinski definition) is 2. The molecule has 0 fully saturated rings. The molecule has 0 unspecified atom stereocenters. The molecule has 0 aliphatic rings. The molecule has 5 nitrogen and oxygen atoms in total. The molecule has 0 atom stereocenters. The number of carbonyl (C=O) groups is 1. The van der Waals surface area contributed by atoms with Crippen molar-refractivity contribution in [2.45, 2.75) is 13.5 Å². The smallest absolute Gasteiger partial charge is 0.271 e. The van der Waals surface area contributed by atoms with Crippen molar-refractivity contribution in [1.82, 2.24) is 14.6 Å². The summed E-state index contributed by atoms with van der Waals surface area (Å²) in [6.45, 7) is 2.78. The number of halogens is 1. The average molecular weight is 543 g/mol. The molecule has 4 aromatic carbocycles. The summed E-state index contributed by atoms with van der Waals surface area (Å²) in [4.78, 5) is 12.9. The summed E-state index contributed by atoms with van der Waals surface area (Å²) in [5, 5.41) is 6.06. The molecule has 2 aromatic heterocycles. The van der Waals surface area contributed by atoms with E-state index in [1.807, 2.05) is 85.1 Å². The first-order valence-electron chi connectivity index (χ1n) is 13.1. The Kier molecular flexibility index (Phi) is 7.04. The van der Waals surface area contributed by atoms with Gasteiger partial charge in [0.25, 0.3) is 5.91 Å². The topological polar surface area (TPSA) is 51.3 Å². The first-order valence-corrected chi connectivity index (χ1v) is 13.4. The van der Waals surface area contributed by atoms with Crippen molar-refractivity contribution in [3.05, 3.63) is 149 Å². The molecule has 6 heteroatoms. The van der Waals surface area contributed by atoms with E-state index >= 15 is 0 Å². The first kappa shape index (κ1) is 25.4. The van der Waals surface area contributed by atoms with Crippen LogP contribution in [-0.4, -0.2) is 21.3 Å². The minimum atomic E-state index is -0.264. The summed E-state index contributed by atoms with van der Waals surface area (Å²) in [7, 11) is 0. The van der Waals surface area contributed by atoms with E-state index in [0.29, 0.717) is 12.1 Å². The zero-order valence-electron chi connectivity index (χ0n) is 22.0. The van der Waals surface area contributed by atoms with Gasteiger partial charge in [-0.2, -0.15) is 5.10 Å². The highest BCUT2D eigenvalue weighted by molar-refractivity contribution is 6.30. The van der Waals surface area contributed by atoms with Gasteiger partial charge in [0.05, 0.1) is 11.9 Å². The maximum absolute atomic E-state index is 12.9. The van der Waals surface area contributed by atoms with Crippen LogP contribution in [0.25, 0.3) is 27.8 Å². The van der Waals surface area contributed by atoms with Crippen molar-refractivity contribution in [2.24, 2.45) is 5.10 Å². The zero-order chi connectivity index (χ0) is 27.5. The number of aryl methyl sites for hydroxylation is 1. The van der Waals surface area contributed by atoms with E-state index in [-0.39, 0.29) is 5.91 Å². The molecule has 0 aliphatic carbocycles. The van der Waals surface area contributed by atoms with Crippen LogP contribution in [0, 0.1) is 6.92 Å². The molecule has 0 radical (unpaired) electrons. The maximum Gasteiger partial charge on any atom is 0.271 e. The fraction of sp³-hybridized carbons (Fsp3) is 0.0588. The highest BCUT2D eigenvalue weighted by atomic mass is 35.5. The Labute approximate surface area is 238 Å². The number of rotatable bonds is 7. The molecule has 0 spiro atoms. The fourth-order valence-electron chi connectivity index (χ4n) is 5.00. The normalized spacial score (nSPS) is 11.3. The van der Waals surface area contributed by atoms with Crippen LogP contribution in [0.15, 0.2) is 127 Å². The number of fused-ring (bicyclic) bond motifs is 1. The minimum Gasteiger partial charge on any atom is -0.342 e. The molecule has 0 saturated heterocycles. The zero-order valence-corrected chi connectivity index (χ0v) is 22.7. The van der Waals surface area contributed by atoms with Crippen molar-refractivity contribution in [3.8, 4) is 16.9 Å². The average Bonchev–Trinajstić information content (AvgIpc) is 3.55. The lowest BCUT2D eigenvalue weighted by Crippen LogP contribution is -2.17. The van der Waals surface area contributed by atoms with Crippen LogP contribution in [0.1, 0.15) is 27.2 Å². The number of aromatic nitrogens is 2. The minimum absolute atomic E-state index is 0.264. The lowest BCUT2D eigenvalue weighted by molar-refractivity contribution is 0.0955. The third-order valence-electron chi connectivity index (χ3n) is 6.99. The molecule has 40 heavy (non-hydrogen) atoms. The molecule has 0 saturated carbocycles. The number of nitrogens with zero attached hydrogens (tertiary/aromatic N) is 3. The maximum atomic E-state index is 12.9. The molecule has 1 N–H and O–H groups in total. The lowest BCUT2D eigenvalue weighted by atomic mass is 10.1. The molecular weight excluding hydrogens is 516 g/mol. The Balaban J connectivity index is 1.18. The van der Waals surface area contributed by atoms with Gasteiger partial charge in [-0.05, 0) is 72.6 Å². The summed E-state index contributed by atoms with van der Waals surface area (Å²) >= 11 is 6.05. The van der Waals surface area contributed by atoms with E-state index in [0.717, 1.165) is 49.7 Å². The highest BCUT2D eigenvalue weighted by Gasteiger charge is 2.11. The standard InChI is InChI=1S/C34H27ClN4O/c1-24-11-20-32(26-7-3-2-4-8-26)39(24)30-18-14-27(15-19-30)34(40)37-36-21-28-23-38(33-10-6-5-9-31(28)33)22-25-12-16-29(35)17-13-25/h2-21,23H,22H2,1H3,(H,37,40)/b36-21+. The van der Waals surface area contributed by atoms with Crippen LogP contribution in [0.4, 0.5) is 0 Å². The van der Waals surface area contributed by atoms with Crippen LogP contribution in [0.3, 0.4) is 0 Å². The second-order valence-corrected chi connectivity index (χ2v) is 10.1. The third-order valence-corrected chi connectivity index (χ3v) is 7.24. The number of benzene rings is 4. The Morgan fingerprint density at radius 1 is 0.850 bits per heavy atom. The predicted octanol–water partition coefficient (Wildman–Crippen LogP) is 7.87. The van der Waals surface area contributed by atoms with E-state index < -0.39 is 0 Å². The van der Waals surface area contributed by atoms with Gasteiger partial charge in [0, 0.05) is 51.2 Å². The molecule has 6 aromatic rings. The summed E-state index contributed by atoms with van der Waals surface area (Å²) in [5.74, 6) is -0.264. The van der Waals surface area contributed by atoms with Crippen molar-refractivity contribution in [3.63, 3.8) is 0 Å². The quantitative estimate of drug-likeness (QED) is 0.162. The molecule has 0 bridgehead atoms. The van der Waals surface area contributed by atoms with Crippen molar-refractivity contribution in [1.29, 1.82) is 0 Å². The van der Waals surface area contributed by atoms with Gasteiger partial charge in [0.1, 0.15) is 0 Å². The van der Waals surface area contributed by atoms with Gasteiger partial charge in [-0.25, -0.2) is 5.43 Å². The number of amides is 1. The summed E-state index contributed by atoms with van der Waals surface area (Å²) in [5.41, 5.74) is 10.8. The third kappa shape index (κ3) is 5.20. The second-order valence-electron chi connectivity index (χ2n) is 9.66. The monoisotopic (exact) mass is 542 g/mol. The van der Waals surface area contributed by atoms with Crippen LogP contribution < -0.4 is 5.43 Å². The number of carbonyl (C=O) groups excluding carboxylic acids is 1. The Bertz CT molecular complexity index is 1810. The molecule has 6 rings (SSSR count). The van der Waals surface area contributed by atoms with Crippen molar-refractivity contribution >= 4 is 34.6 Å². The van der Waals surface area contributed by atoms with E-state index in [2.05, 4.69) is 63.0 Å². The van der Waals surface area contributed by atoms with Crippen molar-refractivity contribution in [2.75, 3.05) is 0 Å². The first-order chi connectivity index (χ1) is 19.6. The molecule has 0 aliphatic heterocycles. The predicted molar refractivity (Wildman–Crippen MR) is 163 cm³/mol. The summed E-state index contributed by atoms with van der Waals surface area (Å²) in [6, 6.07) is 38.1. The number of hydrogen-bond donors (Lipinski definition) is 1. The van der Waals surface area contributed by atoms with Gasteiger partial charge in [-0.3, -0.25) is 4.79 Å². The Morgan fingerprint density at radius 2 is 1.57 bits per heavy atom. The van der Waals surface area contributed by atoms with E-state index in [9.17, 15) is 4.79 Å².